The van der Waals surface area contributed by atoms with Crippen LogP contribution in [-0.4, -0.2) is 6.54 Å². The lowest BCUT2D eigenvalue weighted by atomic mass is 10.2. The number of hydrogen-bond donors (Lipinski definition) is 3. The lowest BCUT2D eigenvalue weighted by molar-refractivity contribution is 1.01. The predicted molar refractivity (Wildman–Crippen MR) is 62.0 cm³/mol. The van der Waals surface area contributed by atoms with E-state index in [1.54, 1.807) is 0 Å². The van der Waals surface area contributed by atoms with Gasteiger partial charge in [-0.15, -0.1) is 0 Å². The third-order valence-corrected chi connectivity index (χ3v) is 1.94. The zero-order valence-electron chi connectivity index (χ0n) is 8.46. The van der Waals surface area contributed by atoms with E-state index in [1.807, 2.05) is 37.4 Å². The summed E-state index contributed by atoms with van der Waals surface area (Å²) in [6, 6.07) is 5.79. The maximum absolute atomic E-state index is 5.64. The molecule has 1 aromatic rings. The van der Waals surface area contributed by atoms with Crippen LogP contribution in [0, 0.1) is 6.92 Å². The SMILES string of the molecule is Cc1cc(N)ccc1N/C=C/CCN. The van der Waals surface area contributed by atoms with Gasteiger partial charge in [0, 0.05) is 11.4 Å². The Balaban J connectivity index is 2.59. The largest absolute Gasteiger partial charge is 0.399 e. The molecule has 5 N–H and O–H groups in total. The second-order valence-electron chi connectivity index (χ2n) is 3.20. The first kappa shape index (κ1) is 10.6. The van der Waals surface area contributed by atoms with Crippen molar-refractivity contribution in [1.29, 1.82) is 0 Å². The van der Waals surface area contributed by atoms with Crippen LogP contribution in [0.3, 0.4) is 0 Å². The molecule has 0 fully saturated rings. The average Bonchev–Trinajstić information content (AvgIpc) is 2.15. The standard InChI is InChI=1S/C11H17N3/c1-9-8-10(13)4-5-11(9)14-7-3-2-6-12/h3-5,7-8,14H,2,6,12-13H2,1H3/b7-3+. The number of nitrogens with one attached hydrogen (secondary N) is 1. The molecule has 0 aromatic heterocycles. The van der Waals surface area contributed by atoms with Crippen molar-refractivity contribution in [2.24, 2.45) is 5.73 Å². The molecule has 0 aliphatic rings. The molecule has 0 radical (unpaired) electrons. The smallest absolute Gasteiger partial charge is 0.0410 e. The number of aryl methyl sites for hydroxylation is 1. The van der Waals surface area contributed by atoms with E-state index in [-0.39, 0.29) is 0 Å². The first-order valence-electron chi connectivity index (χ1n) is 4.72. The Bertz CT molecular complexity index is 318. The lowest BCUT2D eigenvalue weighted by Gasteiger charge is -2.05. The van der Waals surface area contributed by atoms with E-state index < -0.39 is 0 Å². The van der Waals surface area contributed by atoms with Gasteiger partial charge in [-0.2, -0.15) is 0 Å². The Hall–Kier alpha value is -1.48. The highest BCUT2D eigenvalue weighted by Gasteiger charge is 1.94. The van der Waals surface area contributed by atoms with Gasteiger partial charge in [0.25, 0.3) is 0 Å². The normalized spacial score (nSPS) is 10.7. The van der Waals surface area contributed by atoms with Gasteiger partial charge in [0.05, 0.1) is 0 Å². The minimum atomic E-state index is 0.679. The van der Waals surface area contributed by atoms with Crippen molar-refractivity contribution in [2.75, 3.05) is 17.6 Å². The zero-order chi connectivity index (χ0) is 10.4. The number of benzene rings is 1. The molecule has 1 rings (SSSR count). The second kappa shape index (κ2) is 5.29. The van der Waals surface area contributed by atoms with Crippen molar-refractivity contribution in [3.8, 4) is 0 Å². The predicted octanol–water partition coefficient (Wildman–Crippen LogP) is 1.85. The summed E-state index contributed by atoms with van der Waals surface area (Å²) in [5.41, 5.74) is 14.0. The van der Waals surface area contributed by atoms with Crippen molar-refractivity contribution in [3.63, 3.8) is 0 Å². The van der Waals surface area contributed by atoms with E-state index in [0.717, 1.165) is 23.4 Å². The molecule has 0 amide bonds. The molecule has 3 nitrogen and oxygen atoms in total. The van der Waals surface area contributed by atoms with Gasteiger partial charge in [0.2, 0.25) is 0 Å². The highest BCUT2D eigenvalue weighted by Crippen LogP contribution is 2.17. The highest BCUT2D eigenvalue weighted by atomic mass is 14.8. The molecule has 76 valence electrons. The summed E-state index contributed by atoms with van der Waals surface area (Å²) >= 11 is 0. The van der Waals surface area contributed by atoms with Crippen molar-refractivity contribution >= 4 is 11.4 Å². The lowest BCUT2D eigenvalue weighted by Crippen LogP contribution is -1.97. The molecule has 0 aliphatic heterocycles. The molecule has 14 heavy (non-hydrogen) atoms. The van der Waals surface area contributed by atoms with Gasteiger partial charge in [-0.1, -0.05) is 6.08 Å². The van der Waals surface area contributed by atoms with Crippen molar-refractivity contribution < 1.29 is 0 Å². The molecule has 0 saturated heterocycles. The molecule has 0 saturated carbocycles. The van der Waals surface area contributed by atoms with E-state index in [1.165, 1.54) is 0 Å². The van der Waals surface area contributed by atoms with E-state index in [9.17, 15) is 0 Å². The van der Waals surface area contributed by atoms with Crippen LogP contribution in [-0.2, 0) is 0 Å². The van der Waals surface area contributed by atoms with Gasteiger partial charge in [-0.3, -0.25) is 0 Å². The van der Waals surface area contributed by atoms with Crippen LogP contribution in [0.1, 0.15) is 12.0 Å². The highest BCUT2D eigenvalue weighted by molar-refractivity contribution is 5.58. The Labute approximate surface area is 84.8 Å². The molecule has 1 aromatic carbocycles. The van der Waals surface area contributed by atoms with Gasteiger partial charge in [0.1, 0.15) is 0 Å². The van der Waals surface area contributed by atoms with Crippen molar-refractivity contribution in [2.45, 2.75) is 13.3 Å². The number of anilines is 2. The van der Waals surface area contributed by atoms with E-state index in [2.05, 4.69) is 5.32 Å². The molecule has 0 spiro atoms. The average molecular weight is 191 g/mol. The van der Waals surface area contributed by atoms with E-state index >= 15 is 0 Å². The van der Waals surface area contributed by atoms with Crippen LogP contribution in [0.2, 0.25) is 0 Å². The van der Waals surface area contributed by atoms with Crippen LogP contribution in [0.5, 0.6) is 0 Å². The minimum absolute atomic E-state index is 0.679. The fourth-order valence-electron chi connectivity index (χ4n) is 1.18. The van der Waals surface area contributed by atoms with Crippen LogP contribution in [0.25, 0.3) is 0 Å². The van der Waals surface area contributed by atoms with E-state index in [4.69, 9.17) is 11.5 Å². The van der Waals surface area contributed by atoms with Crippen molar-refractivity contribution in [1.82, 2.24) is 0 Å². The molecule has 3 heteroatoms. The first-order chi connectivity index (χ1) is 6.74. The summed E-state index contributed by atoms with van der Waals surface area (Å²) < 4.78 is 0. The summed E-state index contributed by atoms with van der Waals surface area (Å²) in [6.07, 6.45) is 4.81. The number of nitrogen functional groups attached to an aromatic ring is 1. The fourth-order valence-corrected chi connectivity index (χ4v) is 1.18. The summed E-state index contributed by atoms with van der Waals surface area (Å²) in [5.74, 6) is 0. The molecular formula is C11H17N3. The third-order valence-electron chi connectivity index (χ3n) is 1.94. The van der Waals surface area contributed by atoms with Crippen LogP contribution in [0.15, 0.2) is 30.5 Å². The zero-order valence-corrected chi connectivity index (χ0v) is 8.46. The molecule has 0 unspecified atom stereocenters. The number of nitrogens with two attached hydrogens (primary N) is 2. The van der Waals surface area contributed by atoms with Gasteiger partial charge >= 0.3 is 0 Å². The van der Waals surface area contributed by atoms with Crippen LogP contribution in [0.4, 0.5) is 11.4 Å². The maximum atomic E-state index is 5.64. The van der Waals surface area contributed by atoms with Gasteiger partial charge in [-0.05, 0) is 49.9 Å². The van der Waals surface area contributed by atoms with Gasteiger partial charge in [0.15, 0.2) is 0 Å². The molecule has 0 bridgehead atoms. The minimum Gasteiger partial charge on any atom is -0.399 e. The van der Waals surface area contributed by atoms with Gasteiger partial charge in [-0.25, -0.2) is 0 Å². The number of hydrogen-bond acceptors (Lipinski definition) is 3. The molecular weight excluding hydrogens is 174 g/mol. The molecule has 0 atom stereocenters. The third kappa shape index (κ3) is 3.11. The van der Waals surface area contributed by atoms with E-state index in [0.29, 0.717) is 6.54 Å². The summed E-state index contributed by atoms with van der Waals surface area (Å²) in [7, 11) is 0. The Kier molecular flexibility index (Phi) is 4.01. The summed E-state index contributed by atoms with van der Waals surface area (Å²) in [5, 5.41) is 3.18. The molecule has 0 heterocycles. The topological polar surface area (TPSA) is 64.1 Å². The first-order valence-corrected chi connectivity index (χ1v) is 4.72. The van der Waals surface area contributed by atoms with Gasteiger partial charge < -0.3 is 16.8 Å². The van der Waals surface area contributed by atoms with Crippen LogP contribution >= 0.6 is 0 Å². The quantitative estimate of drug-likeness (QED) is 0.636. The summed E-state index contributed by atoms with van der Waals surface area (Å²) in [4.78, 5) is 0. The van der Waals surface area contributed by atoms with Crippen molar-refractivity contribution in [3.05, 3.63) is 36.0 Å². The molecule has 0 aliphatic carbocycles. The Morgan fingerprint density at radius 1 is 1.43 bits per heavy atom. The Morgan fingerprint density at radius 3 is 2.86 bits per heavy atom. The maximum Gasteiger partial charge on any atom is 0.0410 e. The fraction of sp³-hybridized carbons (Fsp3) is 0.273. The summed E-state index contributed by atoms with van der Waals surface area (Å²) in [6.45, 7) is 2.70. The second-order valence-corrected chi connectivity index (χ2v) is 3.20. The number of rotatable bonds is 4. The monoisotopic (exact) mass is 191 g/mol. The van der Waals surface area contributed by atoms with Crippen LogP contribution < -0.4 is 16.8 Å². The Morgan fingerprint density at radius 2 is 2.21 bits per heavy atom.